The summed E-state index contributed by atoms with van der Waals surface area (Å²) in [4.78, 5) is 10.5. The Kier molecular flexibility index (Phi) is 6.16. The lowest BCUT2D eigenvalue weighted by Gasteiger charge is -2.18. The summed E-state index contributed by atoms with van der Waals surface area (Å²) >= 11 is 0. The molecule has 252 valence electrons. The molecule has 5 nitrogen and oxygen atoms in total. The van der Waals surface area contributed by atoms with Crippen LogP contribution in [0, 0.1) is 0 Å². The largest absolute Gasteiger partial charge is 0.455 e. The quantitative estimate of drug-likeness (QED) is 0.186. The van der Waals surface area contributed by atoms with E-state index in [2.05, 4.69) is 141 Å². The number of aromatic nitrogens is 3. The second kappa shape index (κ2) is 10.9. The molecule has 0 saturated carbocycles. The van der Waals surface area contributed by atoms with Crippen LogP contribution < -0.4 is 0 Å². The highest BCUT2D eigenvalue weighted by Gasteiger charge is 2.23. The SMILES string of the molecule is CC(C)(C)c1ccc2oc3c(-c4ccc5c(c4)c4c6oc7ccccc7c6ccc4n5-c4nc(-c5ccccc5)c5ccccc5n4)cccc3c2c1. The van der Waals surface area contributed by atoms with Crippen molar-refractivity contribution in [3.63, 3.8) is 0 Å². The zero-order valence-corrected chi connectivity index (χ0v) is 29.5. The van der Waals surface area contributed by atoms with Crippen molar-refractivity contribution in [3.8, 4) is 28.3 Å². The average Bonchev–Trinajstić information content (AvgIpc) is 3.86. The van der Waals surface area contributed by atoms with Gasteiger partial charge in [-0.1, -0.05) is 118 Å². The van der Waals surface area contributed by atoms with Gasteiger partial charge in [0.15, 0.2) is 0 Å². The Labute approximate surface area is 304 Å². The molecule has 0 saturated heterocycles. The first-order chi connectivity index (χ1) is 25.9. The summed E-state index contributed by atoms with van der Waals surface area (Å²) in [6.45, 7) is 6.74. The molecule has 4 aromatic heterocycles. The molecule has 53 heavy (non-hydrogen) atoms. The molecular formula is C48H33N3O2. The van der Waals surface area contributed by atoms with Crippen LogP contribution in [0.3, 0.4) is 0 Å². The van der Waals surface area contributed by atoms with Crippen LogP contribution in [0.1, 0.15) is 26.3 Å². The van der Waals surface area contributed by atoms with Crippen LogP contribution in [0.5, 0.6) is 0 Å². The lowest BCUT2D eigenvalue weighted by atomic mass is 9.86. The van der Waals surface area contributed by atoms with E-state index in [-0.39, 0.29) is 5.41 Å². The predicted molar refractivity (Wildman–Crippen MR) is 218 cm³/mol. The summed E-state index contributed by atoms with van der Waals surface area (Å²) in [5.74, 6) is 0.611. The zero-order chi connectivity index (χ0) is 35.4. The van der Waals surface area contributed by atoms with Gasteiger partial charge in [0.1, 0.15) is 22.3 Å². The van der Waals surface area contributed by atoms with E-state index in [0.29, 0.717) is 5.95 Å². The van der Waals surface area contributed by atoms with Gasteiger partial charge in [0.25, 0.3) is 0 Å². The van der Waals surface area contributed by atoms with Crippen LogP contribution in [-0.2, 0) is 5.41 Å². The van der Waals surface area contributed by atoms with Gasteiger partial charge in [-0.05, 0) is 65.1 Å². The number of hydrogen-bond acceptors (Lipinski definition) is 4. The fourth-order valence-corrected chi connectivity index (χ4v) is 8.14. The van der Waals surface area contributed by atoms with Gasteiger partial charge >= 0.3 is 0 Å². The Balaban J connectivity index is 1.22. The van der Waals surface area contributed by atoms with Crippen LogP contribution in [-0.4, -0.2) is 14.5 Å². The molecule has 0 unspecified atom stereocenters. The monoisotopic (exact) mass is 683 g/mol. The molecule has 0 radical (unpaired) electrons. The van der Waals surface area contributed by atoms with Crippen LogP contribution in [0.25, 0.3) is 105 Å². The van der Waals surface area contributed by atoms with Crippen molar-refractivity contribution in [2.24, 2.45) is 0 Å². The molecule has 7 aromatic carbocycles. The smallest absolute Gasteiger partial charge is 0.235 e. The van der Waals surface area contributed by atoms with Gasteiger partial charge in [-0.2, -0.15) is 0 Å². The molecule has 11 rings (SSSR count). The van der Waals surface area contributed by atoms with Crippen molar-refractivity contribution < 1.29 is 8.83 Å². The molecule has 0 aliphatic heterocycles. The highest BCUT2D eigenvalue weighted by atomic mass is 16.3. The molecule has 0 atom stereocenters. The summed E-state index contributed by atoms with van der Waals surface area (Å²) in [6, 6.07) is 50.9. The topological polar surface area (TPSA) is 57.0 Å². The maximum Gasteiger partial charge on any atom is 0.235 e. The first-order valence-corrected chi connectivity index (χ1v) is 18.1. The van der Waals surface area contributed by atoms with Crippen LogP contribution in [0.2, 0.25) is 0 Å². The van der Waals surface area contributed by atoms with Crippen molar-refractivity contribution in [3.05, 3.63) is 151 Å². The van der Waals surface area contributed by atoms with E-state index in [4.69, 9.17) is 18.8 Å². The lowest BCUT2D eigenvalue weighted by Crippen LogP contribution is -2.10. The van der Waals surface area contributed by atoms with E-state index >= 15 is 0 Å². The van der Waals surface area contributed by atoms with Crippen LogP contribution in [0.4, 0.5) is 0 Å². The summed E-state index contributed by atoms with van der Waals surface area (Å²) in [5, 5.41) is 7.53. The summed E-state index contributed by atoms with van der Waals surface area (Å²) in [5.41, 5.74) is 11.7. The standard InChI is InChI=1S/C48H33N3O2/c1-48(2,3)30-21-25-42-36(27-30)33-17-11-16-31(45(33)52-42)29-20-23-39-37(26-29)43-40(24-22-34-32-14-8-10-19-41(32)53-46(34)43)51(39)47-49-38-18-9-7-15-35(38)44(50-47)28-12-5-4-6-13-28/h4-27H,1-3H3. The van der Waals surface area contributed by atoms with Crippen LogP contribution >= 0.6 is 0 Å². The molecule has 5 heteroatoms. The highest BCUT2D eigenvalue weighted by molar-refractivity contribution is 6.24. The number of rotatable bonds is 3. The van der Waals surface area contributed by atoms with E-state index in [1.807, 2.05) is 30.3 Å². The molecule has 11 aromatic rings. The Hall–Kier alpha value is -6.72. The Morgan fingerprint density at radius 2 is 1.21 bits per heavy atom. The van der Waals surface area contributed by atoms with Gasteiger partial charge in [0.2, 0.25) is 5.95 Å². The minimum atomic E-state index is 0.0350. The van der Waals surface area contributed by atoms with Gasteiger partial charge in [-0.3, -0.25) is 4.57 Å². The molecule has 0 aliphatic rings. The number of hydrogen-bond donors (Lipinski definition) is 0. The number of para-hydroxylation sites is 3. The molecule has 0 bridgehead atoms. The van der Waals surface area contributed by atoms with Crippen molar-refractivity contribution in [1.29, 1.82) is 0 Å². The Bertz CT molecular complexity index is 3270. The summed E-state index contributed by atoms with van der Waals surface area (Å²) < 4.78 is 15.5. The maximum absolute atomic E-state index is 6.71. The lowest BCUT2D eigenvalue weighted by molar-refractivity contribution is 0.590. The second-order valence-corrected chi connectivity index (χ2v) is 15.0. The average molecular weight is 684 g/mol. The third-order valence-electron chi connectivity index (χ3n) is 10.8. The first-order valence-electron chi connectivity index (χ1n) is 18.1. The van der Waals surface area contributed by atoms with Crippen molar-refractivity contribution >= 4 is 76.6 Å². The highest BCUT2D eigenvalue weighted by Crippen LogP contribution is 2.44. The maximum atomic E-state index is 6.71. The fraction of sp³-hybridized carbons (Fsp3) is 0.0833. The van der Waals surface area contributed by atoms with E-state index in [0.717, 1.165) is 99.0 Å². The first kappa shape index (κ1) is 30.0. The van der Waals surface area contributed by atoms with Crippen molar-refractivity contribution in [1.82, 2.24) is 14.5 Å². The molecule has 0 aliphatic carbocycles. The van der Waals surface area contributed by atoms with Crippen molar-refractivity contribution in [2.45, 2.75) is 26.2 Å². The minimum absolute atomic E-state index is 0.0350. The normalized spacial score (nSPS) is 12.4. The molecule has 0 fully saturated rings. The van der Waals surface area contributed by atoms with Gasteiger partial charge in [-0.15, -0.1) is 0 Å². The predicted octanol–water partition coefficient (Wildman–Crippen LogP) is 13.2. The van der Waals surface area contributed by atoms with Gasteiger partial charge in [0, 0.05) is 43.4 Å². The molecule has 4 heterocycles. The third kappa shape index (κ3) is 4.44. The van der Waals surface area contributed by atoms with E-state index < -0.39 is 0 Å². The van der Waals surface area contributed by atoms with E-state index in [1.165, 1.54) is 5.56 Å². The molecular weight excluding hydrogens is 651 g/mol. The molecule has 0 spiro atoms. The number of nitrogens with zero attached hydrogens (tertiary/aromatic N) is 3. The van der Waals surface area contributed by atoms with E-state index in [1.54, 1.807) is 0 Å². The second-order valence-electron chi connectivity index (χ2n) is 15.0. The molecule has 0 amide bonds. The summed E-state index contributed by atoms with van der Waals surface area (Å²) in [6.07, 6.45) is 0. The molecule has 0 N–H and O–H groups in total. The third-order valence-corrected chi connectivity index (χ3v) is 10.8. The fourth-order valence-electron chi connectivity index (χ4n) is 8.14. The van der Waals surface area contributed by atoms with Crippen molar-refractivity contribution in [2.75, 3.05) is 0 Å². The summed E-state index contributed by atoms with van der Waals surface area (Å²) in [7, 11) is 0. The number of benzene rings is 7. The van der Waals surface area contributed by atoms with Gasteiger partial charge in [-0.25, -0.2) is 9.97 Å². The Morgan fingerprint density at radius 1 is 0.491 bits per heavy atom. The van der Waals surface area contributed by atoms with Gasteiger partial charge < -0.3 is 8.83 Å². The van der Waals surface area contributed by atoms with Crippen LogP contribution in [0.15, 0.2) is 154 Å². The minimum Gasteiger partial charge on any atom is -0.455 e. The Morgan fingerprint density at radius 3 is 2.08 bits per heavy atom. The number of furan rings is 2. The number of fused-ring (bicyclic) bond motifs is 11. The zero-order valence-electron chi connectivity index (χ0n) is 29.5. The van der Waals surface area contributed by atoms with E-state index in [9.17, 15) is 0 Å². The van der Waals surface area contributed by atoms with Gasteiger partial charge in [0.05, 0.1) is 27.6 Å².